The molecular formula is C36H38Cl3N3O5S. The molecule has 4 aromatic rings. The maximum Gasteiger partial charge on any atom is 0.264 e. The first-order chi connectivity index (χ1) is 22.7. The lowest BCUT2D eigenvalue weighted by atomic mass is 10.0. The van der Waals surface area contributed by atoms with E-state index in [2.05, 4.69) is 5.32 Å². The van der Waals surface area contributed by atoms with Gasteiger partial charge in [0, 0.05) is 23.5 Å². The SMILES string of the molecule is CCOc1ccc(N(CC(=O)N(Cc2ccc(Cl)c(Cl)c2)C(Cc2ccccc2)C(=O)NC(C)(C)C)S(=O)(=O)c2ccc(Cl)cc2)cc1. The number of carbonyl (C=O) groups excluding carboxylic acids is 2. The van der Waals surface area contributed by atoms with E-state index >= 15 is 0 Å². The molecule has 1 N–H and O–H groups in total. The van der Waals surface area contributed by atoms with Crippen LogP contribution in [0.2, 0.25) is 15.1 Å². The maximum atomic E-state index is 14.6. The highest BCUT2D eigenvalue weighted by molar-refractivity contribution is 7.92. The van der Waals surface area contributed by atoms with Crippen LogP contribution in [0.5, 0.6) is 5.75 Å². The number of sulfonamides is 1. The molecule has 0 bridgehead atoms. The van der Waals surface area contributed by atoms with Gasteiger partial charge in [0.25, 0.3) is 10.0 Å². The van der Waals surface area contributed by atoms with Crippen molar-refractivity contribution in [2.24, 2.45) is 0 Å². The minimum Gasteiger partial charge on any atom is -0.494 e. The molecule has 1 atom stereocenters. The van der Waals surface area contributed by atoms with Gasteiger partial charge in [0.2, 0.25) is 11.8 Å². The molecular weight excluding hydrogens is 693 g/mol. The highest BCUT2D eigenvalue weighted by Crippen LogP contribution is 2.29. The lowest BCUT2D eigenvalue weighted by Gasteiger charge is -2.35. The lowest BCUT2D eigenvalue weighted by molar-refractivity contribution is -0.140. The quantitative estimate of drug-likeness (QED) is 0.152. The Morgan fingerprint density at radius 3 is 2.06 bits per heavy atom. The molecule has 0 aliphatic rings. The summed E-state index contributed by atoms with van der Waals surface area (Å²) in [4.78, 5) is 30.0. The van der Waals surface area contributed by atoms with E-state index in [1.165, 1.54) is 29.2 Å². The van der Waals surface area contributed by atoms with Gasteiger partial charge in [-0.05, 0) is 99.5 Å². The molecule has 0 radical (unpaired) electrons. The lowest BCUT2D eigenvalue weighted by Crippen LogP contribution is -2.56. The van der Waals surface area contributed by atoms with Gasteiger partial charge in [-0.3, -0.25) is 13.9 Å². The number of carbonyl (C=O) groups is 2. The first kappa shape index (κ1) is 37.1. The maximum absolute atomic E-state index is 14.6. The van der Waals surface area contributed by atoms with Gasteiger partial charge < -0.3 is 15.0 Å². The molecule has 0 fully saturated rings. The Labute approximate surface area is 297 Å². The minimum atomic E-state index is -4.30. The smallest absolute Gasteiger partial charge is 0.264 e. The van der Waals surface area contributed by atoms with Crippen LogP contribution in [0.25, 0.3) is 0 Å². The van der Waals surface area contributed by atoms with Crippen molar-refractivity contribution in [1.29, 1.82) is 0 Å². The highest BCUT2D eigenvalue weighted by atomic mass is 35.5. The molecule has 0 saturated carbocycles. The third-order valence-corrected chi connectivity index (χ3v) is 10.0. The third-order valence-electron chi connectivity index (χ3n) is 7.22. The Kier molecular flexibility index (Phi) is 12.4. The fourth-order valence-electron chi connectivity index (χ4n) is 4.98. The van der Waals surface area contributed by atoms with Crippen LogP contribution in [-0.4, -0.2) is 49.9 Å². The van der Waals surface area contributed by atoms with E-state index < -0.39 is 40.0 Å². The van der Waals surface area contributed by atoms with Crippen LogP contribution in [0.3, 0.4) is 0 Å². The predicted molar refractivity (Wildman–Crippen MR) is 192 cm³/mol. The van der Waals surface area contributed by atoms with Crippen molar-refractivity contribution >= 4 is 62.3 Å². The molecule has 4 aromatic carbocycles. The Hall–Kier alpha value is -3.76. The van der Waals surface area contributed by atoms with Crippen molar-refractivity contribution in [1.82, 2.24) is 10.2 Å². The van der Waals surface area contributed by atoms with Gasteiger partial charge in [-0.2, -0.15) is 0 Å². The van der Waals surface area contributed by atoms with E-state index in [9.17, 15) is 18.0 Å². The van der Waals surface area contributed by atoms with Gasteiger partial charge >= 0.3 is 0 Å². The van der Waals surface area contributed by atoms with Crippen LogP contribution in [0.4, 0.5) is 5.69 Å². The molecule has 254 valence electrons. The molecule has 0 aliphatic heterocycles. The van der Waals surface area contributed by atoms with E-state index in [-0.39, 0.29) is 28.6 Å². The minimum absolute atomic E-state index is 0.0527. The molecule has 0 spiro atoms. The molecule has 0 heterocycles. The Balaban J connectivity index is 1.83. The molecule has 1 unspecified atom stereocenters. The zero-order valence-corrected chi connectivity index (χ0v) is 30.2. The van der Waals surface area contributed by atoms with E-state index in [1.54, 1.807) is 42.5 Å². The Morgan fingerprint density at radius 2 is 1.48 bits per heavy atom. The number of rotatable bonds is 13. The van der Waals surface area contributed by atoms with Crippen molar-refractivity contribution in [3.05, 3.63) is 123 Å². The summed E-state index contributed by atoms with van der Waals surface area (Å²) in [6.07, 6.45) is 0.169. The van der Waals surface area contributed by atoms with Crippen LogP contribution in [0, 0.1) is 0 Å². The zero-order valence-electron chi connectivity index (χ0n) is 27.1. The number of nitrogens with one attached hydrogen (secondary N) is 1. The number of hydrogen-bond donors (Lipinski definition) is 1. The number of ether oxygens (including phenoxy) is 1. The second-order valence-electron chi connectivity index (χ2n) is 12.1. The van der Waals surface area contributed by atoms with Crippen LogP contribution >= 0.6 is 34.8 Å². The standard InChI is InChI=1S/C36H38Cl3N3O5S/c1-5-47-29-16-14-28(15-17-29)42(48(45,46)30-18-12-27(37)13-19-30)24-34(43)41(23-26-11-20-31(38)32(39)21-26)33(35(44)40-36(2,3)4)22-25-9-7-6-8-10-25/h6-21,33H,5,22-24H2,1-4H3,(H,40,44). The van der Waals surface area contributed by atoms with Crippen molar-refractivity contribution in [2.75, 3.05) is 17.5 Å². The molecule has 0 aromatic heterocycles. The zero-order chi connectivity index (χ0) is 35.1. The van der Waals surface area contributed by atoms with E-state index in [1.807, 2.05) is 58.0 Å². The van der Waals surface area contributed by atoms with Crippen LogP contribution < -0.4 is 14.4 Å². The summed E-state index contributed by atoms with van der Waals surface area (Å²) in [6.45, 7) is 7.14. The van der Waals surface area contributed by atoms with Crippen LogP contribution in [0.15, 0.2) is 102 Å². The molecule has 2 amide bonds. The molecule has 48 heavy (non-hydrogen) atoms. The average molecular weight is 731 g/mol. The number of nitrogens with zero attached hydrogens (tertiary/aromatic N) is 2. The summed E-state index contributed by atoms with van der Waals surface area (Å²) in [6, 6.07) is 25.4. The van der Waals surface area contributed by atoms with E-state index in [4.69, 9.17) is 39.5 Å². The summed E-state index contributed by atoms with van der Waals surface area (Å²) in [5.74, 6) is -0.468. The van der Waals surface area contributed by atoms with Crippen molar-refractivity contribution in [3.63, 3.8) is 0 Å². The number of benzene rings is 4. The van der Waals surface area contributed by atoms with Crippen LogP contribution in [-0.2, 0) is 32.6 Å². The summed E-state index contributed by atoms with van der Waals surface area (Å²) in [5.41, 5.74) is 1.04. The van der Waals surface area contributed by atoms with Gasteiger partial charge in [-0.25, -0.2) is 8.42 Å². The summed E-state index contributed by atoms with van der Waals surface area (Å²) < 4.78 is 35.0. The van der Waals surface area contributed by atoms with Gasteiger partial charge in [-0.15, -0.1) is 0 Å². The highest BCUT2D eigenvalue weighted by Gasteiger charge is 2.35. The number of halogens is 3. The predicted octanol–water partition coefficient (Wildman–Crippen LogP) is 7.80. The Bertz CT molecular complexity index is 1810. The van der Waals surface area contributed by atoms with Crippen LogP contribution in [0.1, 0.15) is 38.8 Å². The van der Waals surface area contributed by atoms with Gasteiger partial charge in [0.1, 0.15) is 18.3 Å². The normalized spacial score (nSPS) is 12.2. The van der Waals surface area contributed by atoms with E-state index in [0.29, 0.717) is 28.0 Å². The molecule has 12 heteroatoms. The Morgan fingerprint density at radius 1 is 0.833 bits per heavy atom. The molecule has 0 saturated heterocycles. The largest absolute Gasteiger partial charge is 0.494 e. The average Bonchev–Trinajstić information content (AvgIpc) is 3.03. The third kappa shape index (κ3) is 9.89. The fourth-order valence-corrected chi connectivity index (χ4v) is 6.84. The summed E-state index contributed by atoms with van der Waals surface area (Å²) in [7, 11) is -4.30. The monoisotopic (exact) mass is 729 g/mol. The topological polar surface area (TPSA) is 96.0 Å². The number of amides is 2. The molecule has 4 rings (SSSR count). The van der Waals surface area contributed by atoms with Gasteiger partial charge in [0.15, 0.2) is 0 Å². The molecule has 8 nitrogen and oxygen atoms in total. The first-order valence-corrected chi connectivity index (χ1v) is 17.9. The second-order valence-corrected chi connectivity index (χ2v) is 15.2. The van der Waals surface area contributed by atoms with Crippen molar-refractivity contribution in [3.8, 4) is 5.75 Å². The van der Waals surface area contributed by atoms with Crippen molar-refractivity contribution < 1.29 is 22.7 Å². The number of hydrogen-bond acceptors (Lipinski definition) is 5. The second kappa shape index (κ2) is 16.1. The summed E-state index contributed by atoms with van der Waals surface area (Å²) >= 11 is 18.6. The molecule has 0 aliphatic carbocycles. The first-order valence-electron chi connectivity index (χ1n) is 15.3. The van der Waals surface area contributed by atoms with E-state index in [0.717, 1.165) is 9.87 Å². The fraction of sp³-hybridized carbons (Fsp3) is 0.278. The van der Waals surface area contributed by atoms with Gasteiger partial charge in [-0.1, -0.05) is 71.2 Å². The number of anilines is 1. The van der Waals surface area contributed by atoms with Gasteiger partial charge in [0.05, 0.1) is 27.2 Å². The summed E-state index contributed by atoms with van der Waals surface area (Å²) in [5, 5.41) is 3.98. The van der Waals surface area contributed by atoms with Crippen molar-refractivity contribution in [2.45, 2.75) is 57.1 Å².